The van der Waals surface area contributed by atoms with Gasteiger partial charge < -0.3 is 4.98 Å². The van der Waals surface area contributed by atoms with Crippen molar-refractivity contribution in [3.63, 3.8) is 0 Å². The van der Waals surface area contributed by atoms with E-state index in [1.807, 2.05) is 24.3 Å². The molecule has 0 saturated heterocycles. The Hall–Kier alpha value is -2.54. The number of aromatic nitrogens is 3. The van der Waals surface area contributed by atoms with Gasteiger partial charge in [0.15, 0.2) is 5.78 Å². The van der Waals surface area contributed by atoms with Gasteiger partial charge in [-0.15, -0.1) is 0 Å². The van der Waals surface area contributed by atoms with E-state index in [2.05, 4.69) is 9.97 Å². The van der Waals surface area contributed by atoms with Crippen LogP contribution in [0.4, 0.5) is 8.78 Å². The fourth-order valence-corrected chi connectivity index (χ4v) is 2.70. The topological polar surface area (TPSA) is 53.9 Å². The molecule has 126 valence electrons. The predicted molar refractivity (Wildman–Crippen MR) is 87.0 cm³/mol. The highest BCUT2D eigenvalue weighted by Gasteiger charge is 2.24. The van der Waals surface area contributed by atoms with Crippen LogP contribution in [0.1, 0.15) is 29.7 Å². The van der Waals surface area contributed by atoms with Crippen LogP contribution >= 0.6 is 0 Å². The number of ketones is 1. The zero-order valence-corrected chi connectivity index (χ0v) is 13.4. The van der Waals surface area contributed by atoms with E-state index in [-0.39, 0.29) is 18.2 Å². The summed E-state index contributed by atoms with van der Waals surface area (Å²) in [7, 11) is 1.72. The van der Waals surface area contributed by atoms with Crippen LogP contribution in [0, 0.1) is 0 Å². The average molecular weight is 332 g/mol. The first-order valence-corrected chi connectivity index (χ1v) is 7.59. The molecular weight excluding hydrogens is 314 g/mol. The molecule has 24 heavy (non-hydrogen) atoms. The molecule has 0 saturated carbocycles. The molecule has 1 atom stereocenters. The van der Waals surface area contributed by atoms with E-state index in [9.17, 15) is 13.6 Å². The van der Waals surface area contributed by atoms with Crippen molar-refractivity contribution in [3.8, 4) is 0 Å². The fraction of sp³-hybridized carbons (Fsp3) is 0.294. The fourth-order valence-electron chi connectivity index (χ4n) is 2.70. The smallest absolute Gasteiger partial charge is 0.319 e. The minimum atomic E-state index is -2.64. The lowest BCUT2D eigenvalue weighted by Crippen LogP contribution is -2.36. The number of likely N-dealkylation sites (N-methyl/N-ethyl adjacent to an activating group) is 1. The Morgan fingerprint density at radius 2 is 2.12 bits per heavy atom. The van der Waals surface area contributed by atoms with E-state index >= 15 is 0 Å². The van der Waals surface area contributed by atoms with Crippen LogP contribution in [-0.2, 0) is 6.54 Å². The molecule has 0 amide bonds. The quantitative estimate of drug-likeness (QED) is 0.703. The van der Waals surface area contributed by atoms with Crippen LogP contribution in [0.15, 0.2) is 42.9 Å². The van der Waals surface area contributed by atoms with Crippen LogP contribution in [0.2, 0.25) is 0 Å². The van der Waals surface area contributed by atoms with Gasteiger partial charge in [-0.2, -0.15) is 8.78 Å². The number of hydrogen-bond donors (Lipinski definition) is 1. The number of aromatic amines is 1. The van der Waals surface area contributed by atoms with Crippen LogP contribution in [0.25, 0.3) is 10.9 Å². The number of imidazole rings is 1. The molecule has 0 bridgehead atoms. The van der Waals surface area contributed by atoms with Crippen molar-refractivity contribution < 1.29 is 13.6 Å². The Bertz CT molecular complexity index is 855. The largest absolute Gasteiger partial charge is 0.360 e. The molecule has 3 rings (SSSR count). The van der Waals surface area contributed by atoms with Gasteiger partial charge in [0.2, 0.25) is 0 Å². The maximum Gasteiger partial charge on any atom is 0.319 e. The molecule has 0 aliphatic heterocycles. The number of hydrogen-bond acceptors (Lipinski definition) is 3. The summed E-state index contributed by atoms with van der Waals surface area (Å²) >= 11 is 0. The van der Waals surface area contributed by atoms with Crippen molar-refractivity contribution in [1.29, 1.82) is 0 Å². The number of fused-ring (bicyclic) bond motifs is 1. The van der Waals surface area contributed by atoms with E-state index < -0.39 is 12.6 Å². The standard InChI is InChI=1S/C17H18F2N4O/c1-11(22(2)10-15-20-7-8-23(15)17(18)19)16(24)13-9-21-14-6-4-3-5-12(13)14/h3-9,11,17,21H,10H2,1-2H3. The molecule has 5 nitrogen and oxygen atoms in total. The Morgan fingerprint density at radius 1 is 1.38 bits per heavy atom. The molecule has 1 unspecified atom stereocenters. The third-order valence-corrected chi connectivity index (χ3v) is 4.25. The van der Waals surface area contributed by atoms with Crippen molar-refractivity contribution >= 4 is 16.7 Å². The maximum atomic E-state index is 12.9. The van der Waals surface area contributed by atoms with Crippen LogP contribution in [0.5, 0.6) is 0 Å². The third-order valence-electron chi connectivity index (χ3n) is 4.25. The molecule has 0 aliphatic rings. The van der Waals surface area contributed by atoms with Crippen molar-refractivity contribution in [1.82, 2.24) is 19.4 Å². The molecule has 2 aromatic heterocycles. The van der Waals surface area contributed by atoms with Gasteiger partial charge in [0, 0.05) is 35.1 Å². The second kappa shape index (κ2) is 6.52. The molecule has 0 aliphatic carbocycles. The minimum Gasteiger partial charge on any atom is -0.360 e. The molecule has 1 N–H and O–H groups in total. The Labute approximate surface area is 137 Å². The number of carbonyl (C=O) groups is 1. The lowest BCUT2D eigenvalue weighted by atomic mass is 10.0. The summed E-state index contributed by atoms with van der Waals surface area (Å²) in [6.07, 6.45) is 4.26. The molecule has 7 heteroatoms. The van der Waals surface area contributed by atoms with Crippen molar-refractivity contribution in [2.24, 2.45) is 0 Å². The van der Waals surface area contributed by atoms with Crippen molar-refractivity contribution in [3.05, 3.63) is 54.2 Å². The van der Waals surface area contributed by atoms with Gasteiger partial charge in [-0.1, -0.05) is 18.2 Å². The molecule has 2 heterocycles. The van der Waals surface area contributed by atoms with Gasteiger partial charge in [-0.3, -0.25) is 14.3 Å². The molecule has 1 aromatic carbocycles. The highest BCUT2D eigenvalue weighted by molar-refractivity contribution is 6.10. The summed E-state index contributed by atoms with van der Waals surface area (Å²) in [6, 6.07) is 7.09. The summed E-state index contributed by atoms with van der Waals surface area (Å²) in [5.74, 6) is 0.163. The van der Waals surface area contributed by atoms with Crippen molar-refractivity contribution in [2.75, 3.05) is 7.05 Å². The number of Topliss-reactive ketones (excluding diaryl/α,β-unsaturated/α-hetero) is 1. The van der Waals surface area contributed by atoms with E-state index in [0.717, 1.165) is 15.5 Å². The van der Waals surface area contributed by atoms with E-state index in [1.54, 1.807) is 25.1 Å². The number of halogens is 2. The summed E-state index contributed by atoms with van der Waals surface area (Å²) in [5.41, 5.74) is 1.49. The molecular formula is C17H18F2N4O. The Kier molecular flexibility index (Phi) is 4.44. The molecule has 0 spiro atoms. The number of alkyl halides is 2. The molecule has 0 radical (unpaired) electrons. The summed E-state index contributed by atoms with van der Waals surface area (Å²) in [4.78, 5) is 21.5. The molecule has 0 fully saturated rings. The normalized spacial score (nSPS) is 13.1. The Balaban J connectivity index is 1.79. The predicted octanol–water partition coefficient (Wildman–Crippen LogP) is 3.46. The third kappa shape index (κ3) is 2.94. The number of nitrogens with zero attached hydrogens (tertiary/aromatic N) is 3. The number of H-pyrrole nitrogens is 1. The number of rotatable bonds is 6. The van der Waals surface area contributed by atoms with Gasteiger partial charge in [0.05, 0.1) is 12.6 Å². The number of para-hydroxylation sites is 1. The zero-order chi connectivity index (χ0) is 17.3. The van der Waals surface area contributed by atoms with Crippen LogP contribution in [0.3, 0.4) is 0 Å². The van der Waals surface area contributed by atoms with Crippen molar-refractivity contribution in [2.45, 2.75) is 26.1 Å². The summed E-state index contributed by atoms with van der Waals surface area (Å²) in [6.45, 7) is -0.720. The summed E-state index contributed by atoms with van der Waals surface area (Å²) < 4.78 is 26.6. The first-order valence-electron chi connectivity index (χ1n) is 7.59. The monoisotopic (exact) mass is 332 g/mol. The highest BCUT2D eigenvalue weighted by atomic mass is 19.3. The van der Waals surface area contributed by atoms with Crippen LogP contribution < -0.4 is 0 Å². The zero-order valence-electron chi connectivity index (χ0n) is 13.4. The second-order valence-electron chi connectivity index (χ2n) is 5.73. The van der Waals surface area contributed by atoms with Gasteiger partial charge in [-0.25, -0.2) is 4.98 Å². The number of benzene rings is 1. The van der Waals surface area contributed by atoms with Gasteiger partial charge in [0.1, 0.15) is 5.82 Å². The van der Waals surface area contributed by atoms with Gasteiger partial charge in [0.25, 0.3) is 0 Å². The number of nitrogens with one attached hydrogen (secondary N) is 1. The maximum absolute atomic E-state index is 12.9. The Morgan fingerprint density at radius 3 is 2.88 bits per heavy atom. The van der Waals surface area contributed by atoms with E-state index in [4.69, 9.17) is 0 Å². The van der Waals surface area contributed by atoms with Crippen LogP contribution in [-0.4, -0.2) is 38.3 Å². The first-order chi connectivity index (χ1) is 11.5. The minimum absolute atomic E-state index is 0.0647. The second-order valence-corrected chi connectivity index (χ2v) is 5.73. The van der Waals surface area contributed by atoms with Gasteiger partial charge in [-0.05, 0) is 20.0 Å². The summed E-state index contributed by atoms with van der Waals surface area (Å²) in [5, 5.41) is 0.858. The van der Waals surface area contributed by atoms with E-state index in [0.29, 0.717) is 5.56 Å². The molecule has 3 aromatic rings. The average Bonchev–Trinajstić information content (AvgIpc) is 3.20. The lowest BCUT2D eigenvalue weighted by Gasteiger charge is -2.23. The lowest BCUT2D eigenvalue weighted by molar-refractivity contribution is 0.0628. The SMILES string of the molecule is CC(C(=O)c1c[nH]c2ccccc12)N(C)Cc1nccn1C(F)F. The van der Waals surface area contributed by atoms with E-state index in [1.165, 1.54) is 12.4 Å². The number of carbonyl (C=O) groups excluding carboxylic acids is 1. The first kappa shape index (κ1) is 16.3. The van der Waals surface area contributed by atoms with Gasteiger partial charge >= 0.3 is 6.55 Å². The highest BCUT2D eigenvalue weighted by Crippen LogP contribution is 2.21.